The molecule has 100 valence electrons. The number of aryl methyl sites for hydroxylation is 1. The van der Waals surface area contributed by atoms with Gasteiger partial charge in [0.1, 0.15) is 0 Å². The topological polar surface area (TPSA) is 49.3 Å². The zero-order chi connectivity index (χ0) is 13.4. The molecule has 0 aromatic heterocycles. The molecule has 1 unspecified atom stereocenters. The second-order valence-electron chi connectivity index (χ2n) is 4.78. The molecule has 0 spiro atoms. The third-order valence-corrected chi connectivity index (χ3v) is 3.15. The summed E-state index contributed by atoms with van der Waals surface area (Å²) in [7, 11) is 0. The van der Waals surface area contributed by atoms with Crippen LogP contribution in [0, 0.1) is 6.92 Å². The predicted octanol–water partition coefficient (Wildman–Crippen LogP) is 2.94. The van der Waals surface area contributed by atoms with E-state index in [1.807, 2.05) is 31.2 Å². The standard InChI is InChI=1S/C10H12O2.C5H11N/c1-7-3-5-9(6-4-7)8(2)10(11)12;1-2-4-6-5-3-1/h3-6,8H,1-2H3,(H,11,12);6H,1-5H2. The SMILES string of the molecule is C1CCNCC1.Cc1ccc(C(C)C(=O)O)cc1. The van der Waals surface area contributed by atoms with Crippen LogP contribution in [0.15, 0.2) is 24.3 Å². The summed E-state index contributed by atoms with van der Waals surface area (Å²) in [6.45, 7) is 6.17. The van der Waals surface area contributed by atoms with Crippen LogP contribution in [0.3, 0.4) is 0 Å². The molecule has 1 heterocycles. The van der Waals surface area contributed by atoms with Gasteiger partial charge in [-0.1, -0.05) is 36.2 Å². The molecule has 2 rings (SSSR count). The number of hydrogen-bond acceptors (Lipinski definition) is 2. The van der Waals surface area contributed by atoms with Gasteiger partial charge in [-0.05, 0) is 45.3 Å². The third kappa shape index (κ3) is 5.32. The van der Waals surface area contributed by atoms with Gasteiger partial charge < -0.3 is 10.4 Å². The highest BCUT2D eigenvalue weighted by Crippen LogP contribution is 2.15. The van der Waals surface area contributed by atoms with Crippen molar-refractivity contribution in [2.24, 2.45) is 0 Å². The van der Waals surface area contributed by atoms with Gasteiger partial charge in [-0.25, -0.2) is 0 Å². The van der Waals surface area contributed by atoms with Gasteiger partial charge in [-0.2, -0.15) is 0 Å². The Morgan fingerprint density at radius 2 is 1.72 bits per heavy atom. The number of carboxylic acid groups (broad SMARTS) is 1. The highest BCUT2D eigenvalue weighted by atomic mass is 16.4. The number of hydrogen-bond donors (Lipinski definition) is 2. The summed E-state index contributed by atoms with van der Waals surface area (Å²) in [6, 6.07) is 7.56. The summed E-state index contributed by atoms with van der Waals surface area (Å²) in [5.41, 5.74) is 2.00. The summed E-state index contributed by atoms with van der Waals surface area (Å²) in [5, 5.41) is 12.0. The van der Waals surface area contributed by atoms with Crippen molar-refractivity contribution in [3.05, 3.63) is 35.4 Å². The molecule has 1 aliphatic rings. The van der Waals surface area contributed by atoms with Crippen LogP contribution in [-0.4, -0.2) is 24.2 Å². The van der Waals surface area contributed by atoms with Crippen LogP contribution in [0.5, 0.6) is 0 Å². The van der Waals surface area contributed by atoms with Crippen molar-refractivity contribution in [2.45, 2.75) is 39.0 Å². The lowest BCUT2D eigenvalue weighted by Crippen LogP contribution is -2.21. The second-order valence-corrected chi connectivity index (χ2v) is 4.78. The fraction of sp³-hybridized carbons (Fsp3) is 0.533. The lowest BCUT2D eigenvalue weighted by molar-refractivity contribution is -0.138. The van der Waals surface area contributed by atoms with Crippen molar-refractivity contribution < 1.29 is 9.90 Å². The fourth-order valence-corrected chi connectivity index (χ4v) is 1.80. The van der Waals surface area contributed by atoms with Gasteiger partial charge in [-0.15, -0.1) is 0 Å². The number of benzene rings is 1. The minimum absolute atomic E-state index is 0.411. The molecule has 3 heteroatoms. The van der Waals surface area contributed by atoms with Gasteiger partial charge in [0.2, 0.25) is 0 Å². The molecule has 3 nitrogen and oxygen atoms in total. The minimum Gasteiger partial charge on any atom is -0.481 e. The number of aliphatic carboxylic acids is 1. The van der Waals surface area contributed by atoms with E-state index in [2.05, 4.69) is 5.32 Å². The Bertz CT molecular complexity index is 344. The first kappa shape index (κ1) is 14.7. The molecule has 1 aromatic carbocycles. The molecule has 18 heavy (non-hydrogen) atoms. The lowest BCUT2D eigenvalue weighted by atomic mass is 10.0. The number of carboxylic acids is 1. The maximum Gasteiger partial charge on any atom is 0.310 e. The van der Waals surface area contributed by atoms with Gasteiger partial charge in [-0.3, -0.25) is 4.79 Å². The van der Waals surface area contributed by atoms with Crippen LogP contribution in [0.4, 0.5) is 0 Å². The molecule has 1 aliphatic heterocycles. The van der Waals surface area contributed by atoms with Crippen LogP contribution < -0.4 is 5.32 Å². The number of nitrogens with one attached hydrogen (secondary N) is 1. The largest absolute Gasteiger partial charge is 0.481 e. The zero-order valence-electron chi connectivity index (χ0n) is 11.3. The summed E-state index contributed by atoms with van der Waals surface area (Å²) < 4.78 is 0. The summed E-state index contributed by atoms with van der Waals surface area (Å²) in [6.07, 6.45) is 4.22. The number of rotatable bonds is 2. The Morgan fingerprint density at radius 3 is 2.06 bits per heavy atom. The Balaban J connectivity index is 0.000000225. The Hall–Kier alpha value is -1.35. The highest BCUT2D eigenvalue weighted by Gasteiger charge is 2.12. The van der Waals surface area contributed by atoms with E-state index < -0.39 is 11.9 Å². The average Bonchev–Trinajstić information content (AvgIpc) is 2.41. The Kier molecular flexibility index (Phi) is 6.44. The molecule has 2 N–H and O–H groups in total. The van der Waals surface area contributed by atoms with Crippen LogP contribution in [0.2, 0.25) is 0 Å². The molecule has 0 aliphatic carbocycles. The van der Waals surface area contributed by atoms with E-state index in [1.54, 1.807) is 6.92 Å². The first-order valence-corrected chi connectivity index (χ1v) is 6.61. The van der Waals surface area contributed by atoms with Crippen molar-refractivity contribution in [2.75, 3.05) is 13.1 Å². The smallest absolute Gasteiger partial charge is 0.310 e. The molecule has 0 bridgehead atoms. The van der Waals surface area contributed by atoms with E-state index in [0.717, 1.165) is 11.1 Å². The molecule has 1 atom stereocenters. The summed E-state index contributed by atoms with van der Waals surface area (Å²) in [4.78, 5) is 10.6. The summed E-state index contributed by atoms with van der Waals surface area (Å²) >= 11 is 0. The number of carbonyl (C=O) groups is 1. The van der Waals surface area contributed by atoms with Crippen LogP contribution in [-0.2, 0) is 4.79 Å². The molecular weight excluding hydrogens is 226 g/mol. The predicted molar refractivity (Wildman–Crippen MR) is 74.0 cm³/mol. The molecule has 0 radical (unpaired) electrons. The van der Waals surface area contributed by atoms with Crippen molar-refractivity contribution >= 4 is 5.97 Å². The molecule has 0 saturated carbocycles. The van der Waals surface area contributed by atoms with Gasteiger partial charge in [0.25, 0.3) is 0 Å². The van der Waals surface area contributed by atoms with E-state index in [9.17, 15) is 4.79 Å². The minimum atomic E-state index is -0.779. The molecule has 1 saturated heterocycles. The normalized spacial score (nSPS) is 16.3. The first-order chi connectivity index (χ1) is 8.61. The summed E-state index contributed by atoms with van der Waals surface area (Å²) in [5.74, 6) is -1.19. The van der Waals surface area contributed by atoms with Crippen molar-refractivity contribution in [1.82, 2.24) is 5.32 Å². The van der Waals surface area contributed by atoms with Gasteiger partial charge in [0.05, 0.1) is 5.92 Å². The van der Waals surface area contributed by atoms with Crippen LogP contribution in [0.25, 0.3) is 0 Å². The van der Waals surface area contributed by atoms with Gasteiger partial charge in [0, 0.05) is 0 Å². The van der Waals surface area contributed by atoms with Crippen LogP contribution >= 0.6 is 0 Å². The van der Waals surface area contributed by atoms with Crippen molar-refractivity contribution in [1.29, 1.82) is 0 Å². The van der Waals surface area contributed by atoms with E-state index in [1.165, 1.54) is 32.4 Å². The maximum absolute atomic E-state index is 10.6. The zero-order valence-corrected chi connectivity index (χ0v) is 11.3. The van der Waals surface area contributed by atoms with Gasteiger partial charge in [0.15, 0.2) is 0 Å². The Labute approximate surface area is 109 Å². The van der Waals surface area contributed by atoms with Crippen molar-refractivity contribution in [3.8, 4) is 0 Å². The monoisotopic (exact) mass is 249 g/mol. The first-order valence-electron chi connectivity index (χ1n) is 6.61. The van der Waals surface area contributed by atoms with E-state index in [-0.39, 0.29) is 0 Å². The fourth-order valence-electron chi connectivity index (χ4n) is 1.80. The highest BCUT2D eigenvalue weighted by molar-refractivity contribution is 5.75. The molecular formula is C15H23NO2. The van der Waals surface area contributed by atoms with E-state index in [0.29, 0.717) is 0 Å². The van der Waals surface area contributed by atoms with E-state index in [4.69, 9.17) is 5.11 Å². The van der Waals surface area contributed by atoms with Crippen LogP contribution in [0.1, 0.15) is 43.2 Å². The average molecular weight is 249 g/mol. The third-order valence-electron chi connectivity index (χ3n) is 3.15. The van der Waals surface area contributed by atoms with E-state index >= 15 is 0 Å². The number of piperidine rings is 1. The lowest BCUT2D eigenvalue weighted by Gasteiger charge is -2.08. The maximum atomic E-state index is 10.6. The molecule has 0 amide bonds. The Morgan fingerprint density at radius 1 is 1.17 bits per heavy atom. The quantitative estimate of drug-likeness (QED) is 0.847. The molecule has 1 aromatic rings. The second kappa shape index (κ2) is 7.88. The molecule has 1 fully saturated rings. The van der Waals surface area contributed by atoms with Gasteiger partial charge >= 0.3 is 5.97 Å². The van der Waals surface area contributed by atoms with Crippen molar-refractivity contribution in [3.63, 3.8) is 0 Å².